The van der Waals surface area contributed by atoms with Crippen LogP contribution in [0.4, 0.5) is 5.82 Å². The molecule has 1 aliphatic rings. The Kier molecular flexibility index (Phi) is 4.21. The van der Waals surface area contributed by atoms with Crippen LogP contribution in [-0.2, 0) is 4.79 Å². The first-order chi connectivity index (χ1) is 11.0. The van der Waals surface area contributed by atoms with E-state index in [2.05, 4.69) is 20.4 Å². The van der Waals surface area contributed by atoms with Crippen LogP contribution in [0.3, 0.4) is 0 Å². The van der Waals surface area contributed by atoms with E-state index in [0.29, 0.717) is 6.04 Å². The van der Waals surface area contributed by atoms with Gasteiger partial charge in [0, 0.05) is 31.4 Å². The van der Waals surface area contributed by atoms with Gasteiger partial charge in [-0.25, -0.2) is 4.68 Å². The number of likely N-dealkylation sites (tertiary alicyclic amines) is 1. The summed E-state index contributed by atoms with van der Waals surface area (Å²) >= 11 is 0. The summed E-state index contributed by atoms with van der Waals surface area (Å²) < 4.78 is 3.81. The van der Waals surface area contributed by atoms with Crippen molar-refractivity contribution in [2.45, 2.75) is 45.8 Å². The predicted octanol–water partition coefficient (Wildman–Crippen LogP) is 1.85. The second kappa shape index (κ2) is 6.16. The highest BCUT2D eigenvalue weighted by Crippen LogP contribution is 2.24. The normalized spacial score (nSPS) is 17.3. The van der Waals surface area contributed by atoms with E-state index in [4.69, 9.17) is 0 Å². The van der Waals surface area contributed by atoms with Gasteiger partial charge in [0.15, 0.2) is 0 Å². The van der Waals surface area contributed by atoms with E-state index in [1.807, 2.05) is 55.5 Å². The van der Waals surface area contributed by atoms with Crippen LogP contribution < -0.4 is 5.32 Å². The SMILES string of the molecule is Cc1cnn(C2CN([C@@H](C)C(=O)Nc3ccnn3C(C)C)C2)c1. The first-order valence-corrected chi connectivity index (χ1v) is 8.05. The Morgan fingerprint density at radius 2 is 2.04 bits per heavy atom. The van der Waals surface area contributed by atoms with Crippen molar-refractivity contribution < 1.29 is 4.79 Å². The number of aromatic nitrogens is 4. The molecule has 0 aliphatic carbocycles. The van der Waals surface area contributed by atoms with Gasteiger partial charge in [0.2, 0.25) is 5.91 Å². The molecular weight excluding hydrogens is 292 g/mol. The molecule has 1 fully saturated rings. The molecule has 1 N–H and O–H groups in total. The smallest absolute Gasteiger partial charge is 0.242 e. The lowest BCUT2D eigenvalue weighted by Gasteiger charge is -2.42. The van der Waals surface area contributed by atoms with Crippen molar-refractivity contribution in [3.05, 3.63) is 30.2 Å². The maximum Gasteiger partial charge on any atom is 0.242 e. The van der Waals surface area contributed by atoms with Crippen molar-refractivity contribution in [2.75, 3.05) is 18.4 Å². The molecule has 1 saturated heterocycles. The summed E-state index contributed by atoms with van der Waals surface area (Å²) in [5, 5.41) is 11.6. The Labute approximate surface area is 136 Å². The molecule has 2 aromatic rings. The molecule has 1 amide bonds. The van der Waals surface area contributed by atoms with E-state index in [9.17, 15) is 4.79 Å². The Morgan fingerprint density at radius 3 is 2.65 bits per heavy atom. The van der Waals surface area contributed by atoms with E-state index < -0.39 is 0 Å². The van der Waals surface area contributed by atoms with Gasteiger partial charge in [0.25, 0.3) is 0 Å². The fraction of sp³-hybridized carbons (Fsp3) is 0.562. The van der Waals surface area contributed by atoms with Gasteiger partial charge in [-0.15, -0.1) is 0 Å². The predicted molar refractivity (Wildman–Crippen MR) is 88.3 cm³/mol. The molecule has 0 unspecified atom stereocenters. The number of nitrogens with zero attached hydrogens (tertiary/aromatic N) is 5. The van der Waals surface area contributed by atoms with E-state index >= 15 is 0 Å². The van der Waals surface area contributed by atoms with Crippen LogP contribution in [0, 0.1) is 6.92 Å². The van der Waals surface area contributed by atoms with Gasteiger partial charge in [-0.3, -0.25) is 14.4 Å². The molecule has 1 atom stereocenters. The Hall–Kier alpha value is -2.15. The Balaban J connectivity index is 1.56. The summed E-state index contributed by atoms with van der Waals surface area (Å²) in [4.78, 5) is 14.6. The van der Waals surface area contributed by atoms with Gasteiger partial charge in [0.05, 0.1) is 24.5 Å². The summed E-state index contributed by atoms with van der Waals surface area (Å²) in [6.07, 6.45) is 5.62. The lowest BCUT2D eigenvalue weighted by atomic mass is 10.1. The van der Waals surface area contributed by atoms with Crippen LogP contribution in [0.5, 0.6) is 0 Å². The summed E-state index contributed by atoms with van der Waals surface area (Å²) in [7, 11) is 0. The summed E-state index contributed by atoms with van der Waals surface area (Å²) in [5.74, 6) is 0.749. The molecule has 0 spiro atoms. The molecule has 3 rings (SSSR count). The minimum Gasteiger partial charge on any atom is -0.310 e. The molecule has 0 radical (unpaired) electrons. The Morgan fingerprint density at radius 1 is 1.30 bits per heavy atom. The molecule has 1 aliphatic heterocycles. The van der Waals surface area contributed by atoms with E-state index in [-0.39, 0.29) is 18.0 Å². The fourth-order valence-corrected chi connectivity index (χ4v) is 2.83. The van der Waals surface area contributed by atoms with Crippen LogP contribution in [0.25, 0.3) is 0 Å². The van der Waals surface area contributed by atoms with Crippen molar-refractivity contribution in [1.82, 2.24) is 24.5 Å². The average Bonchev–Trinajstić information content (AvgIpc) is 3.06. The minimum atomic E-state index is -0.168. The molecule has 3 heterocycles. The first-order valence-electron chi connectivity index (χ1n) is 8.05. The van der Waals surface area contributed by atoms with E-state index in [1.165, 1.54) is 0 Å². The average molecular weight is 316 g/mol. The summed E-state index contributed by atoms with van der Waals surface area (Å²) in [5.41, 5.74) is 1.16. The number of carbonyl (C=O) groups is 1. The summed E-state index contributed by atoms with van der Waals surface area (Å²) in [6, 6.07) is 2.24. The standard InChI is InChI=1S/C16H24N6O/c1-11(2)22-15(5-6-17-22)19-16(23)13(4)20-9-14(10-20)21-8-12(3)7-18-21/h5-8,11,13-14H,9-10H2,1-4H3,(H,19,23)/t13-/m0/s1. The second-order valence-corrected chi connectivity index (χ2v) is 6.53. The highest BCUT2D eigenvalue weighted by molar-refractivity contribution is 5.93. The van der Waals surface area contributed by atoms with Crippen molar-refractivity contribution >= 4 is 11.7 Å². The quantitative estimate of drug-likeness (QED) is 0.914. The lowest BCUT2D eigenvalue weighted by Crippen LogP contribution is -2.55. The van der Waals surface area contributed by atoms with Gasteiger partial charge < -0.3 is 5.32 Å². The number of rotatable bonds is 5. The largest absolute Gasteiger partial charge is 0.310 e. The minimum absolute atomic E-state index is 0.00231. The molecular formula is C16H24N6O. The summed E-state index contributed by atoms with van der Waals surface area (Å²) in [6.45, 7) is 9.75. The first kappa shape index (κ1) is 15.7. The topological polar surface area (TPSA) is 68.0 Å². The van der Waals surface area contributed by atoms with Crippen LogP contribution >= 0.6 is 0 Å². The monoisotopic (exact) mass is 316 g/mol. The molecule has 7 heteroatoms. The zero-order valence-corrected chi connectivity index (χ0v) is 14.1. The van der Waals surface area contributed by atoms with E-state index in [0.717, 1.165) is 24.5 Å². The van der Waals surface area contributed by atoms with Crippen molar-refractivity contribution in [1.29, 1.82) is 0 Å². The molecule has 2 aromatic heterocycles. The third-order valence-corrected chi connectivity index (χ3v) is 4.33. The molecule has 0 aromatic carbocycles. The third-order valence-electron chi connectivity index (χ3n) is 4.33. The maximum atomic E-state index is 12.5. The van der Waals surface area contributed by atoms with Crippen molar-refractivity contribution in [3.8, 4) is 0 Å². The second-order valence-electron chi connectivity index (χ2n) is 6.53. The number of aryl methyl sites for hydroxylation is 1. The zero-order valence-electron chi connectivity index (χ0n) is 14.1. The fourth-order valence-electron chi connectivity index (χ4n) is 2.83. The lowest BCUT2D eigenvalue weighted by molar-refractivity contribution is -0.123. The number of hydrogen-bond donors (Lipinski definition) is 1. The highest BCUT2D eigenvalue weighted by atomic mass is 16.2. The molecule has 23 heavy (non-hydrogen) atoms. The van der Waals surface area contributed by atoms with Gasteiger partial charge in [-0.2, -0.15) is 10.2 Å². The highest BCUT2D eigenvalue weighted by Gasteiger charge is 2.35. The zero-order chi connectivity index (χ0) is 16.6. The van der Waals surface area contributed by atoms with Gasteiger partial charge in [0.1, 0.15) is 5.82 Å². The van der Waals surface area contributed by atoms with Crippen LogP contribution in [0.2, 0.25) is 0 Å². The molecule has 7 nitrogen and oxygen atoms in total. The maximum absolute atomic E-state index is 12.5. The number of nitrogens with one attached hydrogen (secondary N) is 1. The van der Waals surface area contributed by atoms with Crippen molar-refractivity contribution in [2.24, 2.45) is 0 Å². The van der Waals surface area contributed by atoms with E-state index in [1.54, 1.807) is 6.20 Å². The van der Waals surface area contributed by atoms with Gasteiger partial charge in [-0.05, 0) is 33.3 Å². The van der Waals surface area contributed by atoms with Crippen LogP contribution in [-0.4, -0.2) is 49.5 Å². The van der Waals surface area contributed by atoms with Gasteiger partial charge in [-0.1, -0.05) is 0 Å². The van der Waals surface area contributed by atoms with Crippen LogP contribution in [0.15, 0.2) is 24.7 Å². The van der Waals surface area contributed by atoms with Crippen molar-refractivity contribution in [3.63, 3.8) is 0 Å². The van der Waals surface area contributed by atoms with Gasteiger partial charge >= 0.3 is 0 Å². The number of amides is 1. The molecule has 124 valence electrons. The number of hydrogen-bond acceptors (Lipinski definition) is 4. The third kappa shape index (κ3) is 3.14. The number of anilines is 1. The molecule has 0 saturated carbocycles. The molecule has 0 bridgehead atoms. The Bertz CT molecular complexity index is 682. The van der Waals surface area contributed by atoms with Crippen LogP contribution in [0.1, 0.15) is 38.4 Å². The number of carbonyl (C=O) groups excluding carboxylic acids is 1.